The van der Waals surface area contributed by atoms with Gasteiger partial charge in [-0.15, -0.1) is 5.69 Å². The normalized spacial score (nSPS) is 17.0. The Morgan fingerprint density at radius 2 is 2.23 bits per heavy atom. The number of aryl methyl sites for hydroxylation is 1. The summed E-state index contributed by atoms with van der Waals surface area (Å²) in [5, 5.41) is 0. The molecule has 0 unspecified atom stereocenters. The number of rotatable bonds is 0. The van der Waals surface area contributed by atoms with Crippen LogP contribution in [0.3, 0.4) is 0 Å². The van der Waals surface area contributed by atoms with Crippen molar-refractivity contribution in [1.29, 1.82) is 0 Å². The summed E-state index contributed by atoms with van der Waals surface area (Å²) in [6.07, 6.45) is 1.50. The first-order valence-electron chi connectivity index (χ1n) is 3.48. The molecule has 0 radical (unpaired) electrons. The fraction of sp³-hybridized carbons (Fsp3) is 0.286. The molecule has 0 atom stereocenters. The predicted molar refractivity (Wildman–Crippen MR) is 44.6 cm³/mol. The summed E-state index contributed by atoms with van der Waals surface area (Å²) in [5.74, 6) is 0.0195. The molecule has 0 saturated heterocycles. The smallest absolute Gasteiger partial charge is 0.575 e. The minimum absolute atomic E-state index is 0. The second kappa shape index (κ2) is 4.06. The van der Waals surface area contributed by atoms with E-state index in [1.54, 1.807) is 6.07 Å². The van der Waals surface area contributed by atoms with Crippen LogP contribution >= 0.6 is 0 Å². The fourth-order valence-corrected chi connectivity index (χ4v) is 2.34. The third kappa shape index (κ3) is 2.59. The third-order valence-electron chi connectivity index (χ3n) is 1.68. The number of hydrogen-bond acceptors (Lipinski definition) is 3. The third-order valence-corrected chi connectivity index (χ3v) is 2.83. The van der Waals surface area contributed by atoms with Crippen molar-refractivity contribution in [3.63, 3.8) is 0 Å². The Labute approximate surface area is 126 Å². The van der Waals surface area contributed by atoms with Crippen molar-refractivity contribution in [2.75, 3.05) is 0 Å². The maximum absolute atomic E-state index is 11.0. The van der Waals surface area contributed by atoms with Crippen LogP contribution in [0.15, 0.2) is 12.3 Å². The maximum atomic E-state index is 11.0. The van der Waals surface area contributed by atoms with E-state index in [0.717, 1.165) is 11.3 Å². The first-order chi connectivity index (χ1) is 5.57. The van der Waals surface area contributed by atoms with Gasteiger partial charge in [-0.2, -0.15) is 0 Å². The monoisotopic (exact) mass is 268 g/mol. The molecule has 1 aromatic heterocycles. The summed E-state index contributed by atoms with van der Waals surface area (Å²) >= 11 is 0. The van der Waals surface area contributed by atoms with Crippen molar-refractivity contribution in [3.05, 3.63) is 28.2 Å². The van der Waals surface area contributed by atoms with Gasteiger partial charge in [-0.3, -0.25) is 4.98 Å². The molecule has 0 aliphatic carbocycles. The van der Waals surface area contributed by atoms with E-state index < -0.39 is 10.0 Å². The first-order valence-corrected chi connectivity index (χ1v) is 5.09. The van der Waals surface area contributed by atoms with Crippen molar-refractivity contribution in [3.8, 4) is 0 Å². The Morgan fingerprint density at radius 3 is 2.92 bits per heavy atom. The molecule has 1 aliphatic rings. The molecular weight excluding hydrogens is 262 g/mol. The predicted octanol–water partition coefficient (Wildman–Crippen LogP) is -1.76. The first kappa shape index (κ1) is 11.8. The minimum atomic E-state index is -3.24. The number of hydrogen-bond donors (Lipinski definition) is 0. The molecule has 0 spiro atoms. The number of nitrogens with zero attached hydrogens (tertiary/aromatic N) is 2. The van der Waals surface area contributed by atoms with Crippen molar-refractivity contribution in [2.24, 2.45) is 0 Å². The molecule has 6 heteroatoms. The quantitative estimate of drug-likeness (QED) is 0.560. The van der Waals surface area contributed by atoms with Gasteiger partial charge in [0, 0.05) is 11.9 Å². The molecule has 0 aromatic carbocycles. The van der Waals surface area contributed by atoms with Gasteiger partial charge in [0.25, 0.3) is 0 Å². The fourth-order valence-electron chi connectivity index (χ4n) is 1.19. The molecule has 2 rings (SSSR count). The van der Waals surface area contributed by atoms with Crippen LogP contribution in [0.2, 0.25) is 0 Å². The number of aromatic nitrogens is 1. The van der Waals surface area contributed by atoms with E-state index in [0.29, 0.717) is 5.69 Å². The van der Waals surface area contributed by atoms with Gasteiger partial charge in [-0.05, 0) is 18.6 Å². The molecule has 1 aromatic rings. The number of fused-ring (bicyclic) bond motifs is 1. The van der Waals surface area contributed by atoms with Crippen LogP contribution in [0.4, 0.5) is 5.69 Å². The van der Waals surface area contributed by atoms with Crippen molar-refractivity contribution >= 4 is 15.7 Å². The summed E-state index contributed by atoms with van der Waals surface area (Å²) in [7, 11) is -3.24. The van der Waals surface area contributed by atoms with E-state index in [1.165, 1.54) is 6.20 Å². The zero-order valence-electron chi connectivity index (χ0n) is 7.48. The Hall–Kier alpha value is 0.705. The van der Waals surface area contributed by atoms with Crippen molar-refractivity contribution in [2.45, 2.75) is 12.7 Å². The van der Waals surface area contributed by atoms with Gasteiger partial charge >= 0.3 is 58.2 Å². The molecule has 64 valence electrons. The van der Waals surface area contributed by atoms with Crippen LogP contribution in [0, 0.1) is 6.92 Å². The maximum Gasteiger partial charge on any atom is 1.00 e. The second-order valence-corrected chi connectivity index (χ2v) is 4.41. The van der Waals surface area contributed by atoms with E-state index in [4.69, 9.17) is 0 Å². The van der Waals surface area contributed by atoms with Gasteiger partial charge in [-0.1, -0.05) is 0 Å². The van der Waals surface area contributed by atoms with E-state index in [2.05, 4.69) is 9.71 Å². The zero-order valence-corrected chi connectivity index (χ0v) is 13.2. The Balaban J connectivity index is 0.000000845. The molecule has 0 bridgehead atoms. The Morgan fingerprint density at radius 1 is 1.54 bits per heavy atom. The van der Waals surface area contributed by atoms with Crippen LogP contribution in [0.25, 0.3) is 4.72 Å². The van der Waals surface area contributed by atoms with Crippen molar-refractivity contribution < 1.29 is 66.6 Å². The van der Waals surface area contributed by atoms with Gasteiger partial charge in [0.2, 0.25) is 0 Å². The van der Waals surface area contributed by atoms with Gasteiger partial charge in [0.1, 0.15) is 0 Å². The van der Waals surface area contributed by atoms with Crippen molar-refractivity contribution in [1.82, 2.24) is 4.98 Å². The molecular formula is C7H7N2O2RbS. The average Bonchev–Trinajstić information content (AvgIpc) is 2.21. The summed E-state index contributed by atoms with van der Waals surface area (Å²) in [6.45, 7) is 1.82. The van der Waals surface area contributed by atoms with Crippen LogP contribution < -0.4 is 58.2 Å². The average molecular weight is 269 g/mol. The van der Waals surface area contributed by atoms with Crippen LogP contribution in [-0.4, -0.2) is 13.4 Å². The summed E-state index contributed by atoms with van der Waals surface area (Å²) in [5.41, 5.74) is 2.06. The van der Waals surface area contributed by atoms with Gasteiger partial charge in [0.05, 0.1) is 15.8 Å². The summed E-state index contributed by atoms with van der Waals surface area (Å²) in [4.78, 5) is 3.96. The van der Waals surface area contributed by atoms with Gasteiger partial charge < -0.3 is 4.72 Å². The Bertz CT molecular complexity index is 430. The molecule has 1 aliphatic heterocycles. The zero-order chi connectivity index (χ0) is 8.77. The number of pyridine rings is 1. The largest absolute Gasteiger partial charge is 1.00 e. The molecule has 4 nitrogen and oxygen atoms in total. The molecule has 13 heavy (non-hydrogen) atoms. The summed E-state index contributed by atoms with van der Waals surface area (Å²) < 4.78 is 25.5. The van der Waals surface area contributed by atoms with Crippen LogP contribution in [0.5, 0.6) is 0 Å². The van der Waals surface area contributed by atoms with E-state index in [-0.39, 0.29) is 63.9 Å². The molecule has 0 N–H and O–H groups in total. The van der Waals surface area contributed by atoms with Gasteiger partial charge in [-0.25, -0.2) is 8.42 Å². The van der Waals surface area contributed by atoms with E-state index in [9.17, 15) is 8.42 Å². The minimum Gasteiger partial charge on any atom is -0.575 e. The van der Waals surface area contributed by atoms with E-state index in [1.807, 2.05) is 6.92 Å². The van der Waals surface area contributed by atoms with Crippen LogP contribution in [-0.2, 0) is 15.8 Å². The SMILES string of the molecule is Cc1cc2c(cn1)[N-]S(=O)(=O)C2.[Rb+]. The summed E-state index contributed by atoms with van der Waals surface area (Å²) in [6, 6.07) is 1.75. The topological polar surface area (TPSA) is 61.1 Å². The van der Waals surface area contributed by atoms with Crippen LogP contribution in [0.1, 0.15) is 11.3 Å². The number of sulfonamides is 1. The molecule has 2 heterocycles. The Kier molecular flexibility index (Phi) is 3.68. The standard InChI is InChI=1S/C7H7N2O2S.Rb/c1-5-2-6-4-12(10,11)9-7(6)3-8-5;/h2-3H,4H2,1H3;/q-1;+1. The second-order valence-electron chi connectivity index (χ2n) is 2.77. The molecule has 0 fully saturated rings. The molecule has 0 saturated carbocycles. The van der Waals surface area contributed by atoms with Gasteiger partial charge in [0.15, 0.2) is 0 Å². The van der Waals surface area contributed by atoms with E-state index >= 15 is 0 Å². The molecule has 0 amide bonds.